The van der Waals surface area contributed by atoms with E-state index < -0.39 is 12.2 Å². The molecule has 4 N–H and O–H groups in total. The lowest BCUT2D eigenvalue weighted by molar-refractivity contribution is -0.0423. The molecule has 6 heteroatoms. The van der Waals surface area contributed by atoms with E-state index in [-0.39, 0.29) is 12.8 Å². The average Bonchev–Trinajstić information content (AvgIpc) is 2.88. The molecule has 3 atom stereocenters. The number of anilines is 1. The number of nitrogens with two attached hydrogens (primary N) is 1. The number of hydrogen-bond acceptors (Lipinski definition) is 5. The highest BCUT2D eigenvalue weighted by Gasteiger charge is 2.35. The molecule has 6 nitrogen and oxygen atoms in total. The third-order valence-corrected chi connectivity index (χ3v) is 3.30. The first kappa shape index (κ1) is 11.5. The quantitative estimate of drug-likeness (QED) is 0.709. The Morgan fingerprint density at radius 1 is 1.44 bits per heavy atom. The third kappa shape index (κ3) is 1.66. The Kier molecular flexibility index (Phi) is 2.70. The molecule has 18 heavy (non-hydrogen) atoms. The molecule has 1 aliphatic rings. The standard InChI is InChI=1S/C12H15N3O3/c13-12-14-7-3-1-2-4-8(7)15(12)11-5-9(17)10(6-16)18-11/h1-4,9-11,16-17H,5-6H2,(H2,13,14)/t9-,10+,11+/m0/s1. The number of benzene rings is 1. The highest BCUT2D eigenvalue weighted by molar-refractivity contribution is 5.78. The van der Waals surface area contributed by atoms with E-state index in [0.717, 1.165) is 11.0 Å². The summed E-state index contributed by atoms with van der Waals surface area (Å²) in [6.45, 7) is -0.204. The molecule has 2 heterocycles. The minimum Gasteiger partial charge on any atom is -0.394 e. The molecule has 1 fully saturated rings. The zero-order chi connectivity index (χ0) is 12.7. The Bertz CT molecular complexity index is 569. The van der Waals surface area contributed by atoms with Gasteiger partial charge < -0.3 is 20.7 Å². The maximum Gasteiger partial charge on any atom is 0.203 e. The van der Waals surface area contributed by atoms with Gasteiger partial charge in [0.05, 0.1) is 23.7 Å². The number of fused-ring (bicyclic) bond motifs is 1. The maximum absolute atomic E-state index is 9.76. The van der Waals surface area contributed by atoms with Crippen molar-refractivity contribution in [3.8, 4) is 0 Å². The SMILES string of the molecule is Nc1nc2ccccc2n1[C@H]1C[C@H](O)[C@@H](CO)O1. The summed E-state index contributed by atoms with van der Waals surface area (Å²) in [7, 11) is 0. The zero-order valence-electron chi connectivity index (χ0n) is 9.73. The van der Waals surface area contributed by atoms with Crippen LogP contribution in [0.5, 0.6) is 0 Å². The Labute approximate surface area is 104 Å². The number of imidazole rings is 1. The van der Waals surface area contributed by atoms with E-state index in [1.54, 1.807) is 4.57 Å². The Morgan fingerprint density at radius 2 is 2.22 bits per heavy atom. The molecule has 0 radical (unpaired) electrons. The van der Waals surface area contributed by atoms with Gasteiger partial charge in [0.15, 0.2) is 0 Å². The van der Waals surface area contributed by atoms with E-state index in [9.17, 15) is 5.11 Å². The normalized spacial score (nSPS) is 28.0. The number of aliphatic hydroxyl groups is 2. The molecule has 1 aliphatic heterocycles. The van der Waals surface area contributed by atoms with E-state index >= 15 is 0 Å². The van der Waals surface area contributed by atoms with Crippen LogP contribution in [-0.2, 0) is 4.74 Å². The van der Waals surface area contributed by atoms with E-state index in [2.05, 4.69) is 4.98 Å². The number of rotatable bonds is 2. The second-order valence-corrected chi connectivity index (χ2v) is 4.44. The van der Waals surface area contributed by atoms with E-state index in [0.29, 0.717) is 12.4 Å². The van der Waals surface area contributed by atoms with Gasteiger partial charge in [-0.3, -0.25) is 4.57 Å². The topological polar surface area (TPSA) is 93.5 Å². The van der Waals surface area contributed by atoms with Crippen LogP contribution in [-0.4, -0.2) is 38.6 Å². The van der Waals surface area contributed by atoms with Gasteiger partial charge in [-0.2, -0.15) is 0 Å². The van der Waals surface area contributed by atoms with Gasteiger partial charge in [-0.05, 0) is 12.1 Å². The number of aromatic nitrogens is 2. The lowest BCUT2D eigenvalue weighted by Crippen LogP contribution is -2.24. The largest absolute Gasteiger partial charge is 0.394 e. The maximum atomic E-state index is 9.76. The molecule has 1 saturated heterocycles. The summed E-state index contributed by atoms with van der Waals surface area (Å²) in [6, 6.07) is 7.56. The smallest absolute Gasteiger partial charge is 0.203 e. The molecule has 3 rings (SSSR count). The van der Waals surface area contributed by atoms with Crippen molar-refractivity contribution in [1.29, 1.82) is 0 Å². The van der Waals surface area contributed by atoms with Crippen LogP contribution in [0, 0.1) is 0 Å². The van der Waals surface area contributed by atoms with Gasteiger partial charge in [-0.1, -0.05) is 12.1 Å². The van der Waals surface area contributed by atoms with Crippen LogP contribution >= 0.6 is 0 Å². The predicted octanol–water partition coefficient (Wildman–Crippen LogP) is 0.259. The number of nitrogen functional groups attached to an aromatic ring is 1. The average molecular weight is 249 g/mol. The third-order valence-electron chi connectivity index (χ3n) is 3.30. The molecule has 0 amide bonds. The fourth-order valence-corrected chi connectivity index (χ4v) is 2.40. The van der Waals surface area contributed by atoms with Gasteiger partial charge in [-0.25, -0.2) is 4.98 Å². The van der Waals surface area contributed by atoms with Crippen molar-refractivity contribution in [3.05, 3.63) is 24.3 Å². The van der Waals surface area contributed by atoms with Crippen molar-refractivity contribution in [1.82, 2.24) is 9.55 Å². The van der Waals surface area contributed by atoms with Crippen molar-refractivity contribution in [3.63, 3.8) is 0 Å². The molecule has 1 aromatic carbocycles. The molecule has 0 bridgehead atoms. The molecular weight excluding hydrogens is 234 g/mol. The summed E-state index contributed by atoms with van der Waals surface area (Å²) in [6.07, 6.45) is -1.23. The number of para-hydroxylation sites is 2. The molecule has 1 aromatic heterocycles. The lowest BCUT2D eigenvalue weighted by Gasteiger charge is -2.15. The van der Waals surface area contributed by atoms with Crippen molar-refractivity contribution in [2.24, 2.45) is 0 Å². The summed E-state index contributed by atoms with van der Waals surface area (Å²) < 4.78 is 7.36. The Balaban J connectivity index is 2.02. The summed E-state index contributed by atoms with van der Waals surface area (Å²) in [5.74, 6) is 0.354. The molecule has 0 unspecified atom stereocenters. The van der Waals surface area contributed by atoms with Crippen molar-refractivity contribution >= 4 is 17.0 Å². The fourth-order valence-electron chi connectivity index (χ4n) is 2.40. The number of nitrogens with zero attached hydrogens (tertiary/aromatic N) is 2. The summed E-state index contributed by atoms with van der Waals surface area (Å²) in [4.78, 5) is 4.25. The van der Waals surface area contributed by atoms with Gasteiger partial charge in [0.1, 0.15) is 12.3 Å². The number of aliphatic hydroxyl groups excluding tert-OH is 2. The highest BCUT2D eigenvalue weighted by Crippen LogP contribution is 2.33. The van der Waals surface area contributed by atoms with Gasteiger partial charge >= 0.3 is 0 Å². The van der Waals surface area contributed by atoms with Crippen LogP contribution < -0.4 is 5.73 Å². The van der Waals surface area contributed by atoms with E-state index in [4.69, 9.17) is 15.6 Å². The van der Waals surface area contributed by atoms with Crippen molar-refractivity contribution < 1.29 is 14.9 Å². The molecule has 0 saturated carbocycles. The predicted molar refractivity (Wildman–Crippen MR) is 65.8 cm³/mol. The molecule has 0 aliphatic carbocycles. The van der Waals surface area contributed by atoms with E-state index in [1.807, 2.05) is 24.3 Å². The van der Waals surface area contributed by atoms with Crippen LogP contribution in [0.25, 0.3) is 11.0 Å². The van der Waals surface area contributed by atoms with Crippen LogP contribution in [0.15, 0.2) is 24.3 Å². The van der Waals surface area contributed by atoms with Crippen molar-refractivity contribution in [2.75, 3.05) is 12.3 Å². The zero-order valence-corrected chi connectivity index (χ0v) is 9.73. The monoisotopic (exact) mass is 249 g/mol. The number of ether oxygens (including phenoxy) is 1. The molecule has 0 spiro atoms. The van der Waals surface area contributed by atoms with E-state index in [1.165, 1.54) is 0 Å². The summed E-state index contributed by atoms with van der Waals surface area (Å²) in [5.41, 5.74) is 7.55. The van der Waals surface area contributed by atoms with Crippen LogP contribution in [0.4, 0.5) is 5.95 Å². The summed E-state index contributed by atoms with van der Waals surface area (Å²) >= 11 is 0. The molecule has 2 aromatic rings. The molecular formula is C12H15N3O3. The van der Waals surface area contributed by atoms with Crippen molar-refractivity contribution in [2.45, 2.75) is 24.9 Å². The lowest BCUT2D eigenvalue weighted by atomic mass is 10.2. The van der Waals surface area contributed by atoms with Gasteiger partial charge in [0.25, 0.3) is 0 Å². The highest BCUT2D eigenvalue weighted by atomic mass is 16.5. The Hall–Kier alpha value is -1.63. The first-order valence-corrected chi connectivity index (χ1v) is 5.87. The number of hydrogen-bond donors (Lipinski definition) is 3. The second-order valence-electron chi connectivity index (χ2n) is 4.44. The Morgan fingerprint density at radius 3 is 2.94 bits per heavy atom. The minimum absolute atomic E-state index is 0.204. The van der Waals surface area contributed by atoms with Gasteiger partial charge in [-0.15, -0.1) is 0 Å². The van der Waals surface area contributed by atoms with Crippen LogP contribution in [0.1, 0.15) is 12.6 Å². The minimum atomic E-state index is -0.680. The van der Waals surface area contributed by atoms with Crippen LogP contribution in [0.2, 0.25) is 0 Å². The van der Waals surface area contributed by atoms with Gasteiger partial charge in [0, 0.05) is 6.42 Å². The second kappa shape index (κ2) is 4.24. The van der Waals surface area contributed by atoms with Gasteiger partial charge in [0.2, 0.25) is 5.95 Å². The molecule has 96 valence electrons. The first-order chi connectivity index (χ1) is 8.70. The summed E-state index contributed by atoms with van der Waals surface area (Å²) in [5, 5.41) is 18.9. The van der Waals surface area contributed by atoms with Crippen LogP contribution in [0.3, 0.4) is 0 Å². The fraction of sp³-hybridized carbons (Fsp3) is 0.417. The first-order valence-electron chi connectivity index (χ1n) is 5.87.